The quantitative estimate of drug-likeness (QED) is 0.643. The number of aliphatic imine (C=N–C) groups is 1. The van der Waals surface area contributed by atoms with Crippen LogP contribution >= 0.6 is 11.3 Å². The number of aromatic nitrogens is 2. The Labute approximate surface area is 147 Å². The maximum absolute atomic E-state index is 5.31. The maximum atomic E-state index is 5.31. The molecule has 0 radical (unpaired) electrons. The van der Waals surface area contributed by atoms with Crippen molar-refractivity contribution in [3.8, 4) is 0 Å². The Morgan fingerprint density at radius 1 is 1.38 bits per heavy atom. The fourth-order valence-corrected chi connectivity index (χ4v) is 3.09. The van der Waals surface area contributed by atoms with Crippen molar-refractivity contribution in [1.29, 1.82) is 0 Å². The Morgan fingerprint density at radius 3 is 2.83 bits per heavy atom. The second-order valence-electron chi connectivity index (χ2n) is 5.58. The van der Waals surface area contributed by atoms with E-state index in [-0.39, 0.29) is 6.10 Å². The zero-order chi connectivity index (χ0) is 17.5. The van der Waals surface area contributed by atoms with E-state index in [4.69, 9.17) is 4.74 Å². The monoisotopic (exact) mass is 347 g/mol. The minimum Gasteiger partial charge on any atom is -0.375 e. The van der Waals surface area contributed by atoms with Crippen molar-refractivity contribution < 1.29 is 4.74 Å². The highest BCUT2D eigenvalue weighted by Crippen LogP contribution is 2.20. The van der Waals surface area contributed by atoms with E-state index in [0.29, 0.717) is 13.1 Å². The Kier molecular flexibility index (Phi) is 6.69. The highest BCUT2D eigenvalue weighted by Gasteiger charge is 2.12. The number of nitrogens with zero attached hydrogens (tertiary/aromatic N) is 4. The molecule has 0 saturated heterocycles. The summed E-state index contributed by atoms with van der Waals surface area (Å²) in [5.41, 5.74) is 3.02. The van der Waals surface area contributed by atoms with Gasteiger partial charge in [0.05, 0.1) is 24.5 Å². The summed E-state index contributed by atoms with van der Waals surface area (Å²) in [7, 11) is 5.47. The Balaban J connectivity index is 1.94. The molecule has 24 heavy (non-hydrogen) atoms. The van der Waals surface area contributed by atoms with Crippen LogP contribution in [0.15, 0.2) is 28.6 Å². The minimum atomic E-state index is 0.0267. The number of thiazole rings is 1. The molecule has 0 saturated carbocycles. The van der Waals surface area contributed by atoms with Crippen LogP contribution in [0.3, 0.4) is 0 Å². The Hall–Kier alpha value is -1.99. The lowest BCUT2D eigenvalue weighted by molar-refractivity contribution is 0.119. The summed E-state index contributed by atoms with van der Waals surface area (Å²) in [5, 5.41) is 6.40. The van der Waals surface area contributed by atoms with Crippen LogP contribution in [-0.2, 0) is 17.8 Å². The van der Waals surface area contributed by atoms with Gasteiger partial charge < -0.3 is 15.0 Å². The van der Waals surface area contributed by atoms with Gasteiger partial charge >= 0.3 is 0 Å². The molecule has 0 aliphatic heterocycles. The van der Waals surface area contributed by atoms with Gasteiger partial charge in [0, 0.05) is 32.3 Å². The van der Waals surface area contributed by atoms with E-state index in [9.17, 15) is 0 Å². The third-order valence-corrected chi connectivity index (χ3v) is 4.67. The van der Waals surface area contributed by atoms with E-state index < -0.39 is 0 Å². The lowest BCUT2D eigenvalue weighted by Crippen LogP contribution is -2.38. The van der Waals surface area contributed by atoms with Gasteiger partial charge in [0.15, 0.2) is 5.96 Å². The molecule has 2 aromatic rings. The lowest BCUT2D eigenvalue weighted by Gasteiger charge is -2.21. The van der Waals surface area contributed by atoms with E-state index in [2.05, 4.69) is 25.7 Å². The second kappa shape index (κ2) is 8.75. The number of guanidine groups is 1. The fourth-order valence-electron chi connectivity index (χ4n) is 2.25. The number of ether oxygens (including phenoxy) is 1. The van der Waals surface area contributed by atoms with Crippen molar-refractivity contribution in [2.24, 2.45) is 4.99 Å². The van der Waals surface area contributed by atoms with Gasteiger partial charge in [-0.1, -0.05) is 6.07 Å². The fraction of sp³-hybridized carbons (Fsp3) is 0.471. The Bertz CT molecular complexity index is 685. The van der Waals surface area contributed by atoms with Crippen LogP contribution in [0, 0.1) is 6.92 Å². The molecule has 0 bridgehead atoms. The highest BCUT2D eigenvalue weighted by atomic mass is 32.1. The van der Waals surface area contributed by atoms with Crippen molar-refractivity contribution in [1.82, 2.24) is 20.2 Å². The molecule has 0 aliphatic rings. The molecule has 1 N–H and O–H groups in total. The van der Waals surface area contributed by atoms with Gasteiger partial charge in [0.2, 0.25) is 0 Å². The average molecular weight is 347 g/mol. The first kappa shape index (κ1) is 18.4. The van der Waals surface area contributed by atoms with Crippen LogP contribution < -0.4 is 5.32 Å². The van der Waals surface area contributed by atoms with Gasteiger partial charge in [-0.05, 0) is 26.0 Å². The van der Waals surface area contributed by atoms with Crippen LogP contribution in [0.4, 0.5) is 0 Å². The minimum absolute atomic E-state index is 0.0267. The lowest BCUT2D eigenvalue weighted by atomic mass is 10.3. The number of hydrogen-bond acceptors (Lipinski definition) is 5. The molecule has 0 fully saturated rings. The molecule has 0 spiro atoms. The number of nitrogens with one attached hydrogen (secondary N) is 1. The third kappa shape index (κ3) is 5.01. The molecule has 0 aromatic carbocycles. The van der Waals surface area contributed by atoms with Crippen LogP contribution in [0.1, 0.15) is 35.1 Å². The molecule has 0 aliphatic carbocycles. The average Bonchev–Trinajstić information content (AvgIpc) is 3.03. The van der Waals surface area contributed by atoms with Gasteiger partial charge in [-0.25, -0.2) is 4.98 Å². The van der Waals surface area contributed by atoms with Crippen molar-refractivity contribution >= 4 is 17.3 Å². The van der Waals surface area contributed by atoms with E-state index >= 15 is 0 Å². The molecule has 2 aromatic heterocycles. The summed E-state index contributed by atoms with van der Waals surface area (Å²) in [5.74, 6) is 0.813. The van der Waals surface area contributed by atoms with Crippen molar-refractivity contribution in [3.05, 3.63) is 45.7 Å². The molecular weight excluding hydrogens is 322 g/mol. The molecule has 6 nitrogen and oxygen atoms in total. The van der Waals surface area contributed by atoms with Gasteiger partial charge in [-0.15, -0.1) is 11.3 Å². The van der Waals surface area contributed by atoms with Crippen molar-refractivity contribution in [3.63, 3.8) is 0 Å². The summed E-state index contributed by atoms with van der Waals surface area (Å²) >= 11 is 1.62. The summed E-state index contributed by atoms with van der Waals surface area (Å²) in [6.07, 6.45) is 0.0267. The van der Waals surface area contributed by atoms with Gasteiger partial charge in [-0.2, -0.15) is 0 Å². The van der Waals surface area contributed by atoms with E-state index in [1.165, 1.54) is 0 Å². The maximum Gasteiger partial charge on any atom is 0.194 e. The van der Waals surface area contributed by atoms with Gasteiger partial charge in [-0.3, -0.25) is 9.98 Å². The largest absolute Gasteiger partial charge is 0.375 e. The van der Waals surface area contributed by atoms with Gasteiger partial charge in [0.1, 0.15) is 11.1 Å². The topological polar surface area (TPSA) is 62.6 Å². The first-order chi connectivity index (χ1) is 11.5. The highest BCUT2D eigenvalue weighted by molar-refractivity contribution is 7.09. The first-order valence-electron chi connectivity index (χ1n) is 7.85. The molecular formula is C17H25N5OS. The molecule has 0 amide bonds. The zero-order valence-electron chi connectivity index (χ0n) is 14.9. The standard InChI is InChI=1S/C17H25N5OS/c1-12-7-6-8-14(20-12)9-19-17(18-3)22(4)10-15-11-24-16(21-15)13(2)23-5/h6-8,11,13H,9-10H2,1-5H3,(H,18,19). The number of pyridine rings is 1. The Morgan fingerprint density at radius 2 is 2.17 bits per heavy atom. The van der Waals surface area contributed by atoms with Crippen molar-refractivity contribution in [2.75, 3.05) is 21.2 Å². The molecule has 130 valence electrons. The molecule has 7 heteroatoms. The van der Waals surface area contributed by atoms with Crippen LogP contribution in [0.5, 0.6) is 0 Å². The van der Waals surface area contributed by atoms with E-state index in [1.807, 2.05) is 44.0 Å². The summed E-state index contributed by atoms with van der Waals surface area (Å²) in [6.45, 7) is 5.32. The van der Waals surface area contributed by atoms with Crippen LogP contribution in [0.25, 0.3) is 0 Å². The SMILES string of the molecule is CN=C(NCc1cccc(C)n1)N(C)Cc1csc(C(C)OC)n1. The van der Waals surface area contributed by atoms with Gasteiger partial charge in [0.25, 0.3) is 0 Å². The summed E-state index contributed by atoms with van der Waals surface area (Å²) in [4.78, 5) is 15.5. The third-order valence-electron chi connectivity index (χ3n) is 3.62. The normalized spacial score (nSPS) is 13.0. The summed E-state index contributed by atoms with van der Waals surface area (Å²) < 4.78 is 5.31. The molecule has 2 heterocycles. The molecule has 2 rings (SSSR count). The van der Waals surface area contributed by atoms with Crippen LogP contribution in [0.2, 0.25) is 0 Å². The smallest absolute Gasteiger partial charge is 0.194 e. The van der Waals surface area contributed by atoms with E-state index in [1.54, 1.807) is 25.5 Å². The number of hydrogen-bond donors (Lipinski definition) is 1. The second-order valence-corrected chi connectivity index (χ2v) is 6.47. The van der Waals surface area contributed by atoms with Crippen molar-refractivity contribution in [2.45, 2.75) is 33.0 Å². The number of methoxy groups -OCH3 is 1. The predicted octanol–water partition coefficient (Wildman–Crippen LogP) is 2.76. The van der Waals surface area contributed by atoms with Crippen LogP contribution in [-0.4, -0.2) is 42.0 Å². The number of rotatable bonds is 6. The first-order valence-corrected chi connectivity index (χ1v) is 8.73. The molecule has 1 atom stereocenters. The zero-order valence-corrected chi connectivity index (χ0v) is 15.7. The predicted molar refractivity (Wildman–Crippen MR) is 98.2 cm³/mol. The number of aryl methyl sites for hydroxylation is 1. The molecule has 1 unspecified atom stereocenters. The summed E-state index contributed by atoms with van der Waals surface area (Å²) in [6, 6.07) is 6.01. The van der Waals surface area contributed by atoms with E-state index in [0.717, 1.165) is 28.0 Å².